The molecule has 1 aliphatic rings. The first-order chi connectivity index (χ1) is 11.7. The second-order valence-electron chi connectivity index (χ2n) is 6.22. The fourth-order valence-corrected chi connectivity index (χ4v) is 3.29. The van der Waals surface area contributed by atoms with Crippen molar-refractivity contribution in [2.45, 2.75) is 18.8 Å². The molecule has 2 aromatic rings. The van der Waals surface area contributed by atoms with Crippen molar-refractivity contribution < 1.29 is 4.42 Å². The minimum atomic E-state index is 0.751. The lowest BCUT2D eigenvalue weighted by molar-refractivity contribution is 0.312. The normalized spacial score (nSPS) is 15.8. The highest BCUT2D eigenvalue weighted by molar-refractivity contribution is 7.97. The number of likely N-dealkylation sites (N-methyl/N-ethyl adjacent to an activating group) is 1. The maximum Gasteiger partial charge on any atom is 0.128 e. The van der Waals surface area contributed by atoms with Crippen LogP contribution in [-0.4, -0.2) is 49.4 Å². The highest BCUT2D eigenvalue weighted by Crippen LogP contribution is 2.16. The molecule has 6 heteroatoms. The number of furan rings is 1. The molecule has 0 radical (unpaired) electrons. The fraction of sp³-hybridized carbons (Fsp3) is 0.500. The molecule has 0 amide bonds. The zero-order chi connectivity index (χ0) is 16.8. The molecule has 24 heavy (non-hydrogen) atoms. The Morgan fingerprint density at radius 3 is 2.71 bits per heavy atom. The van der Waals surface area contributed by atoms with Crippen molar-refractivity contribution in [3.05, 3.63) is 47.5 Å². The van der Waals surface area contributed by atoms with E-state index in [9.17, 15) is 0 Å². The average molecular weight is 347 g/mol. The number of rotatable bonds is 7. The number of anilines is 1. The lowest BCUT2D eigenvalue weighted by Gasteiger charge is -2.33. The number of pyridine rings is 1. The summed E-state index contributed by atoms with van der Waals surface area (Å²) in [7, 11) is 2.17. The number of nitrogens with one attached hydrogen (secondary N) is 1. The first kappa shape index (κ1) is 17.3. The highest BCUT2D eigenvalue weighted by atomic mass is 32.2. The zero-order valence-corrected chi connectivity index (χ0v) is 15.3. The average Bonchev–Trinajstić information content (AvgIpc) is 3.04. The van der Waals surface area contributed by atoms with E-state index < -0.39 is 0 Å². The predicted octanol–water partition coefficient (Wildman–Crippen LogP) is 2.58. The van der Waals surface area contributed by atoms with Crippen LogP contribution in [0.4, 0.5) is 5.82 Å². The molecule has 0 unspecified atom stereocenters. The van der Waals surface area contributed by atoms with E-state index >= 15 is 0 Å². The summed E-state index contributed by atoms with van der Waals surface area (Å²) in [6.45, 7) is 5.86. The molecular formula is C18H26N4OS. The topological polar surface area (TPSA) is 44.5 Å². The molecule has 5 nitrogen and oxygen atoms in total. The van der Waals surface area contributed by atoms with Gasteiger partial charge in [0.2, 0.25) is 0 Å². The maximum atomic E-state index is 5.78. The van der Waals surface area contributed by atoms with Crippen molar-refractivity contribution in [1.29, 1.82) is 0 Å². The quantitative estimate of drug-likeness (QED) is 0.831. The van der Waals surface area contributed by atoms with E-state index in [1.54, 1.807) is 11.8 Å². The second kappa shape index (κ2) is 8.55. The van der Waals surface area contributed by atoms with Gasteiger partial charge in [-0.3, -0.25) is 0 Å². The summed E-state index contributed by atoms with van der Waals surface area (Å²) in [5, 5.41) is 3.46. The number of thioether (sulfide) groups is 1. The molecule has 1 fully saturated rings. The Bertz CT molecular complexity index is 637. The molecule has 2 aromatic heterocycles. The van der Waals surface area contributed by atoms with E-state index in [1.807, 2.05) is 6.20 Å². The third-order valence-electron chi connectivity index (χ3n) is 4.27. The van der Waals surface area contributed by atoms with Crippen LogP contribution in [0.5, 0.6) is 0 Å². The number of piperazine rings is 1. The lowest BCUT2D eigenvalue weighted by Crippen LogP contribution is -2.44. The van der Waals surface area contributed by atoms with Gasteiger partial charge >= 0.3 is 0 Å². The van der Waals surface area contributed by atoms with Gasteiger partial charge in [-0.05, 0) is 43.1 Å². The Labute approximate surface area is 148 Å². The van der Waals surface area contributed by atoms with Crippen LogP contribution in [0.2, 0.25) is 0 Å². The first-order valence-corrected chi connectivity index (χ1v) is 9.79. The van der Waals surface area contributed by atoms with Crippen molar-refractivity contribution >= 4 is 17.6 Å². The van der Waals surface area contributed by atoms with Gasteiger partial charge in [0.05, 0.1) is 12.3 Å². The summed E-state index contributed by atoms with van der Waals surface area (Å²) in [6.07, 6.45) is 4.00. The predicted molar refractivity (Wildman–Crippen MR) is 100 cm³/mol. The van der Waals surface area contributed by atoms with Crippen molar-refractivity contribution in [3.63, 3.8) is 0 Å². The smallest absolute Gasteiger partial charge is 0.128 e. The van der Waals surface area contributed by atoms with Gasteiger partial charge in [0.25, 0.3) is 0 Å². The van der Waals surface area contributed by atoms with E-state index in [-0.39, 0.29) is 0 Å². The van der Waals surface area contributed by atoms with Crippen LogP contribution in [-0.2, 0) is 18.8 Å². The molecule has 0 aliphatic carbocycles. The van der Waals surface area contributed by atoms with E-state index in [4.69, 9.17) is 4.42 Å². The third kappa shape index (κ3) is 4.75. The molecule has 0 bridgehead atoms. The van der Waals surface area contributed by atoms with Crippen molar-refractivity contribution in [2.24, 2.45) is 0 Å². The monoisotopic (exact) mass is 346 g/mol. The van der Waals surface area contributed by atoms with Gasteiger partial charge in [0, 0.05) is 38.9 Å². The molecule has 1 saturated heterocycles. The number of aromatic nitrogens is 1. The van der Waals surface area contributed by atoms with E-state index in [1.165, 1.54) is 5.56 Å². The summed E-state index contributed by atoms with van der Waals surface area (Å²) in [6, 6.07) is 8.39. The van der Waals surface area contributed by atoms with Gasteiger partial charge < -0.3 is 19.5 Å². The van der Waals surface area contributed by atoms with Crippen molar-refractivity contribution in [3.8, 4) is 0 Å². The van der Waals surface area contributed by atoms with E-state index in [0.717, 1.165) is 62.4 Å². The van der Waals surface area contributed by atoms with Gasteiger partial charge in [0.15, 0.2) is 0 Å². The Morgan fingerprint density at radius 1 is 1.12 bits per heavy atom. The molecule has 1 aliphatic heterocycles. The van der Waals surface area contributed by atoms with Crippen LogP contribution in [0.1, 0.15) is 17.1 Å². The van der Waals surface area contributed by atoms with E-state index in [2.05, 4.69) is 57.7 Å². The summed E-state index contributed by atoms with van der Waals surface area (Å²) in [5.41, 5.74) is 1.26. The minimum absolute atomic E-state index is 0.751. The standard InChI is InChI=1S/C18H26N4OS/c1-21-7-9-22(10-8-21)18-11-15(5-6-20-18)12-19-13-16-3-4-17(23-16)14-24-2/h3-6,11,19H,7-10,12-14H2,1-2H3. The molecular weight excluding hydrogens is 320 g/mol. The zero-order valence-electron chi connectivity index (χ0n) is 14.5. The Kier molecular flexibility index (Phi) is 6.18. The van der Waals surface area contributed by atoms with Gasteiger partial charge in [0.1, 0.15) is 17.3 Å². The fourth-order valence-electron chi connectivity index (χ4n) is 2.85. The maximum absolute atomic E-state index is 5.78. The van der Waals surface area contributed by atoms with Crippen molar-refractivity contribution in [1.82, 2.24) is 15.2 Å². The summed E-state index contributed by atoms with van der Waals surface area (Å²) >= 11 is 1.78. The number of hydrogen-bond donors (Lipinski definition) is 1. The molecule has 3 heterocycles. The van der Waals surface area contributed by atoms with Crippen LogP contribution in [0.25, 0.3) is 0 Å². The Balaban J connectivity index is 1.51. The molecule has 0 aromatic carbocycles. The first-order valence-electron chi connectivity index (χ1n) is 8.40. The van der Waals surface area contributed by atoms with Crippen LogP contribution in [0, 0.1) is 0 Å². The van der Waals surface area contributed by atoms with Crippen LogP contribution in [0.3, 0.4) is 0 Å². The molecule has 130 valence electrons. The number of hydrogen-bond acceptors (Lipinski definition) is 6. The van der Waals surface area contributed by atoms with Gasteiger partial charge in [-0.25, -0.2) is 4.98 Å². The Morgan fingerprint density at radius 2 is 1.92 bits per heavy atom. The van der Waals surface area contributed by atoms with Crippen LogP contribution < -0.4 is 10.2 Å². The van der Waals surface area contributed by atoms with Crippen molar-refractivity contribution in [2.75, 3.05) is 44.4 Å². The molecule has 0 atom stereocenters. The minimum Gasteiger partial charge on any atom is -0.464 e. The molecule has 1 N–H and O–H groups in total. The highest BCUT2D eigenvalue weighted by Gasteiger charge is 2.15. The second-order valence-corrected chi connectivity index (χ2v) is 7.08. The van der Waals surface area contributed by atoms with Crippen LogP contribution in [0.15, 0.2) is 34.9 Å². The molecule has 3 rings (SSSR count). The molecule has 0 saturated carbocycles. The summed E-state index contributed by atoms with van der Waals surface area (Å²) in [4.78, 5) is 9.26. The third-order valence-corrected chi connectivity index (χ3v) is 4.84. The van der Waals surface area contributed by atoms with Crippen LogP contribution >= 0.6 is 11.8 Å². The number of nitrogens with zero attached hydrogens (tertiary/aromatic N) is 3. The van der Waals surface area contributed by atoms with Gasteiger partial charge in [-0.1, -0.05) is 0 Å². The van der Waals surface area contributed by atoms with E-state index in [0.29, 0.717) is 0 Å². The Hall–Kier alpha value is -1.50. The lowest BCUT2D eigenvalue weighted by atomic mass is 10.2. The van der Waals surface area contributed by atoms with Gasteiger partial charge in [-0.15, -0.1) is 0 Å². The molecule has 0 spiro atoms. The summed E-state index contributed by atoms with van der Waals surface area (Å²) in [5.74, 6) is 4.05. The van der Waals surface area contributed by atoms with Gasteiger partial charge in [-0.2, -0.15) is 11.8 Å². The summed E-state index contributed by atoms with van der Waals surface area (Å²) < 4.78 is 5.78. The SMILES string of the molecule is CSCc1ccc(CNCc2ccnc(N3CCN(C)CC3)c2)o1. The largest absolute Gasteiger partial charge is 0.464 e.